The molecule has 0 aliphatic heterocycles. The average molecular weight is 210 g/mol. The fourth-order valence-electron chi connectivity index (χ4n) is 2.38. The van der Waals surface area contributed by atoms with Gasteiger partial charge in [0.1, 0.15) is 7.85 Å². The van der Waals surface area contributed by atoms with Gasteiger partial charge in [0.25, 0.3) is 0 Å². The predicted octanol–water partition coefficient (Wildman–Crippen LogP) is 4.74. The molecule has 0 saturated heterocycles. The van der Waals surface area contributed by atoms with Gasteiger partial charge in [0.05, 0.1) is 0 Å². The largest absolute Gasteiger partial charge is 0.109 e. The number of unbranched alkanes of at least 4 members (excludes halogenated alkanes) is 4. The van der Waals surface area contributed by atoms with Crippen molar-refractivity contribution in [1.82, 2.24) is 0 Å². The van der Waals surface area contributed by atoms with Gasteiger partial charge in [0, 0.05) is 0 Å². The second-order valence-corrected chi connectivity index (χ2v) is 5.47. The predicted molar refractivity (Wildman–Crippen MR) is 74.4 cm³/mol. The molecule has 0 radical (unpaired) electrons. The number of rotatable bonds is 10. The molecule has 0 aromatic heterocycles. The highest BCUT2D eigenvalue weighted by Crippen LogP contribution is 2.40. The monoisotopic (exact) mass is 210 g/mol. The maximum Gasteiger partial charge on any atom is 0.109 e. The molecule has 1 heteroatoms. The van der Waals surface area contributed by atoms with Crippen LogP contribution in [0.15, 0.2) is 0 Å². The molecule has 0 saturated carbocycles. The molecule has 0 rings (SSSR count). The fourth-order valence-corrected chi connectivity index (χ4v) is 2.38. The maximum atomic E-state index is 2.52. The van der Waals surface area contributed by atoms with E-state index in [2.05, 4.69) is 28.6 Å². The molecule has 0 aliphatic carbocycles. The van der Waals surface area contributed by atoms with Crippen LogP contribution in [0.5, 0.6) is 0 Å². The van der Waals surface area contributed by atoms with Crippen LogP contribution >= 0.6 is 0 Å². The molecular formula is C14H31B. The van der Waals surface area contributed by atoms with Crippen LogP contribution < -0.4 is 0 Å². The molecule has 0 amide bonds. The molecule has 0 heterocycles. The highest BCUT2D eigenvalue weighted by Gasteiger charge is 2.21. The third-order valence-electron chi connectivity index (χ3n) is 3.65. The second kappa shape index (κ2) is 9.30. The van der Waals surface area contributed by atoms with E-state index in [0.717, 1.165) is 0 Å². The van der Waals surface area contributed by atoms with Gasteiger partial charge < -0.3 is 0 Å². The van der Waals surface area contributed by atoms with Crippen LogP contribution in [-0.2, 0) is 0 Å². The second-order valence-electron chi connectivity index (χ2n) is 5.47. The lowest BCUT2D eigenvalue weighted by atomic mass is 9.60. The summed E-state index contributed by atoms with van der Waals surface area (Å²) in [6.45, 7) is 6.92. The molecule has 0 atom stereocenters. The minimum absolute atomic E-state index is 0.654. The van der Waals surface area contributed by atoms with Crippen molar-refractivity contribution < 1.29 is 0 Å². The summed E-state index contributed by atoms with van der Waals surface area (Å²) in [6.07, 6.45) is 14.1. The zero-order valence-electron chi connectivity index (χ0n) is 11.6. The number of hydrogen-bond donors (Lipinski definition) is 0. The minimum atomic E-state index is 0.654. The minimum Gasteiger partial charge on any atom is -0.0654 e. The summed E-state index contributed by atoms with van der Waals surface area (Å²) in [7, 11) is 2.52. The molecule has 0 aromatic rings. The van der Waals surface area contributed by atoms with Crippen molar-refractivity contribution in [1.29, 1.82) is 0 Å². The average Bonchev–Trinajstić information content (AvgIpc) is 2.24. The van der Waals surface area contributed by atoms with Crippen LogP contribution in [0.2, 0.25) is 5.31 Å². The molecular weight excluding hydrogens is 179 g/mol. The van der Waals surface area contributed by atoms with Crippen molar-refractivity contribution in [2.75, 3.05) is 0 Å². The Labute approximate surface area is 98.6 Å². The van der Waals surface area contributed by atoms with Crippen molar-refractivity contribution in [3.63, 3.8) is 0 Å². The summed E-state index contributed by atoms with van der Waals surface area (Å²) in [5, 5.41) is 0.654. The van der Waals surface area contributed by atoms with Crippen LogP contribution in [0.1, 0.15) is 85.0 Å². The molecule has 0 bridgehead atoms. The van der Waals surface area contributed by atoms with E-state index in [1.807, 2.05) is 0 Å². The molecule has 0 unspecified atom stereocenters. The van der Waals surface area contributed by atoms with Crippen LogP contribution in [0.25, 0.3) is 0 Å². The van der Waals surface area contributed by atoms with Crippen molar-refractivity contribution in [3.05, 3.63) is 0 Å². The van der Waals surface area contributed by atoms with E-state index in [1.54, 1.807) is 0 Å². The van der Waals surface area contributed by atoms with E-state index in [1.165, 1.54) is 64.2 Å². The van der Waals surface area contributed by atoms with Crippen molar-refractivity contribution in [2.24, 2.45) is 0 Å². The Hall–Kier alpha value is 0.0649. The van der Waals surface area contributed by atoms with Gasteiger partial charge in [0.2, 0.25) is 0 Å². The Balaban J connectivity index is 3.89. The fraction of sp³-hybridized carbons (Fsp3) is 1.00. The standard InChI is InChI=1S/C14H31B/c1-4-7-10-13-14(15,11-8-5-2)12-9-6-3/h4-13,15H2,1-3H3. The van der Waals surface area contributed by atoms with Crippen LogP contribution in [0.3, 0.4) is 0 Å². The van der Waals surface area contributed by atoms with Gasteiger partial charge >= 0.3 is 0 Å². The maximum absolute atomic E-state index is 2.52. The zero-order chi connectivity index (χ0) is 11.6. The third-order valence-corrected chi connectivity index (χ3v) is 3.65. The van der Waals surface area contributed by atoms with Crippen molar-refractivity contribution in [2.45, 2.75) is 90.3 Å². The lowest BCUT2D eigenvalue weighted by molar-refractivity contribution is 0.400. The first-order valence-corrected chi connectivity index (χ1v) is 7.18. The normalized spacial score (nSPS) is 11.9. The van der Waals surface area contributed by atoms with Gasteiger partial charge in [0.15, 0.2) is 0 Å². The smallest absolute Gasteiger partial charge is 0.0654 e. The Kier molecular flexibility index (Phi) is 9.34. The summed E-state index contributed by atoms with van der Waals surface area (Å²) in [6, 6.07) is 0. The van der Waals surface area contributed by atoms with E-state index in [4.69, 9.17) is 0 Å². The topological polar surface area (TPSA) is 0 Å². The van der Waals surface area contributed by atoms with Gasteiger partial charge in [-0.25, -0.2) is 0 Å². The highest BCUT2D eigenvalue weighted by molar-refractivity contribution is 6.15. The Bertz CT molecular complexity index is 123. The first-order chi connectivity index (χ1) is 7.18. The highest BCUT2D eigenvalue weighted by atomic mass is 14.2. The van der Waals surface area contributed by atoms with E-state index in [-0.39, 0.29) is 0 Å². The number of hydrogen-bond acceptors (Lipinski definition) is 0. The van der Waals surface area contributed by atoms with Gasteiger partial charge in [-0.2, -0.15) is 0 Å². The van der Waals surface area contributed by atoms with Crippen molar-refractivity contribution >= 4 is 7.85 Å². The van der Waals surface area contributed by atoms with E-state index >= 15 is 0 Å². The van der Waals surface area contributed by atoms with Gasteiger partial charge in [-0.3, -0.25) is 0 Å². The Morgan fingerprint density at radius 3 is 1.47 bits per heavy atom. The molecule has 0 fully saturated rings. The summed E-state index contributed by atoms with van der Waals surface area (Å²) in [5.74, 6) is 0. The molecule has 15 heavy (non-hydrogen) atoms. The molecule has 0 nitrogen and oxygen atoms in total. The molecule has 90 valence electrons. The van der Waals surface area contributed by atoms with Crippen LogP contribution in [0.4, 0.5) is 0 Å². The lowest BCUT2D eigenvalue weighted by Crippen LogP contribution is -2.13. The summed E-state index contributed by atoms with van der Waals surface area (Å²) < 4.78 is 0. The summed E-state index contributed by atoms with van der Waals surface area (Å²) >= 11 is 0. The summed E-state index contributed by atoms with van der Waals surface area (Å²) in [4.78, 5) is 0. The first-order valence-electron chi connectivity index (χ1n) is 7.18. The SMILES string of the molecule is BC(CCCC)(CCCC)CCCCC. The summed E-state index contributed by atoms with van der Waals surface area (Å²) in [5.41, 5.74) is 0. The third kappa shape index (κ3) is 7.93. The molecule has 0 aliphatic rings. The Morgan fingerprint density at radius 1 is 0.667 bits per heavy atom. The van der Waals surface area contributed by atoms with Crippen LogP contribution in [0, 0.1) is 0 Å². The Morgan fingerprint density at radius 2 is 1.07 bits per heavy atom. The van der Waals surface area contributed by atoms with Gasteiger partial charge in [-0.05, 0) is 0 Å². The van der Waals surface area contributed by atoms with Crippen molar-refractivity contribution in [3.8, 4) is 0 Å². The van der Waals surface area contributed by atoms with Gasteiger partial charge in [-0.1, -0.05) is 90.3 Å². The molecule has 0 spiro atoms. The first kappa shape index (κ1) is 15.1. The van der Waals surface area contributed by atoms with E-state index < -0.39 is 0 Å². The van der Waals surface area contributed by atoms with Crippen LogP contribution in [-0.4, -0.2) is 7.85 Å². The molecule has 0 N–H and O–H groups in total. The lowest BCUT2D eigenvalue weighted by Gasteiger charge is -2.30. The van der Waals surface area contributed by atoms with E-state index in [0.29, 0.717) is 5.31 Å². The zero-order valence-corrected chi connectivity index (χ0v) is 11.6. The van der Waals surface area contributed by atoms with E-state index in [9.17, 15) is 0 Å². The van der Waals surface area contributed by atoms with Gasteiger partial charge in [-0.15, -0.1) is 0 Å². The molecule has 0 aromatic carbocycles. The quantitative estimate of drug-likeness (QED) is 0.361.